The number of para-hydroxylation sites is 1. The monoisotopic (exact) mass is 283 g/mol. The van der Waals surface area contributed by atoms with Crippen LogP contribution in [-0.4, -0.2) is 34.8 Å². The van der Waals surface area contributed by atoms with E-state index in [9.17, 15) is 9.59 Å². The maximum Gasteiger partial charge on any atom is 0.268 e. The number of nitrogens with zero attached hydrogens (tertiary/aromatic N) is 1. The van der Waals surface area contributed by atoms with Gasteiger partial charge in [0.05, 0.1) is 0 Å². The van der Waals surface area contributed by atoms with Crippen molar-refractivity contribution in [3.05, 3.63) is 47.8 Å². The Bertz CT molecular complexity index is 745. The minimum Gasteiger partial charge on any atom is -0.361 e. The smallest absolute Gasteiger partial charge is 0.268 e. The van der Waals surface area contributed by atoms with Crippen LogP contribution in [0.1, 0.15) is 12.5 Å². The van der Waals surface area contributed by atoms with Gasteiger partial charge >= 0.3 is 0 Å². The molecule has 5 nitrogen and oxygen atoms in total. The summed E-state index contributed by atoms with van der Waals surface area (Å²) in [5, 5.41) is 3.87. The van der Waals surface area contributed by atoms with Crippen molar-refractivity contribution in [1.82, 2.24) is 15.2 Å². The van der Waals surface area contributed by atoms with Gasteiger partial charge in [-0.05, 0) is 18.6 Å². The van der Waals surface area contributed by atoms with Crippen molar-refractivity contribution in [2.75, 3.05) is 7.05 Å². The van der Waals surface area contributed by atoms with Crippen molar-refractivity contribution in [3.63, 3.8) is 0 Å². The summed E-state index contributed by atoms with van der Waals surface area (Å²) in [6.45, 7) is 1.75. The lowest BCUT2D eigenvalue weighted by molar-refractivity contribution is -0.138. The molecule has 1 aliphatic rings. The molecule has 3 rings (SSSR count). The number of allylic oxidation sites excluding steroid dienone is 1. The summed E-state index contributed by atoms with van der Waals surface area (Å²) < 4.78 is 0. The lowest BCUT2D eigenvalue weighted by Gasteiger charge is -2.31. The average molecular weight is 283 g/mol. The topological polar surface area (TPSA) is 65.2 Å². The molecule has 1 atom stereocenters. The molecule has 1 saturated heterocycles. The molecular formula is C16H17N3O2. The first kappa shape index (κ1) is 13.4. The summed E-state index contributed by atoms with van der Waals surface area (Å²) in [7, 11) is 1.64. The molecule has 0 unspecified atom stereocenters. The van der Waals surface area contributed by atoms with E-state index in [1.807, 2.05) is 30.5 Å². The van der Waals surface area contributed by atoms with E-state index in [0.717, 1.165) is 16.5 Å². The van der Waals surface area contributed by atoms with Gasteiger partial charge in [0.1, 0.15) is 11.7 Å². The predicted octanol–water partition coefficient (Wildman–Crippen LogP) is 1.57. The summed E-state index contributed by atoms with van der Waals surface area (Å²) in [6, 6.07) is 7.40. The van der Waals surface area contributed by atoms with Gasteiger partial charge in [0.25, 0.3) is 5.91 Å². The number of carbonyl (C=O) groups excluding carboxylic acids is 2. The fourth-order valence-electron chi connectivity index (χ4n) is 2.78. The summed E-state index contributed by atoms with van der Waals surface area (Å²) >= 11 is 0. The van der Waals surface area contributed by atoms with Crippen molar-refractivity contribution in [1.29, 1.82) is 0 Å². The van der Waals surface area contributed by atoms with Crippen molar-refractivity contribution in [2.45, 2.75) is 19.4 Å². The number of likely N-dealkylation sites (N-methyl/N-ethyl adjacent to an activating group) is 1. The molecule has 21 heavy (non-hydrogen) atoms. The van der Waals surface area contributed by atoms with Gasteiger partial charge in [-0.2, -0.15) is 0 Å². The molecule has 2 aromatic rings. The summed E-state index contributed by atoms with van der Waals surface area (Å²) in [4.78, 5) is 29.0. The van der Waals surface area contributed by atoms with Gasteiger partial charge in [-0.3, -0.25) is 9.59 Å². The van der Waals surface area contributed by atoms with E-state index in [1.54, 1.807) is 20.0 Å². The first-order valence-corrected chi connectivity index (χ1v) is 6.91. The van der Waals surface area contributed by atoms with E-state index >= 15 is 0 Å². The lowest BCUT2D eigenvalue weighted by Crippen LogP contribution is -2.56. The van der Waals surface area contributed by atoms with Crippen LogP contribution in [0.2, 0.25) is 0 Å². The van der Waals surface area contributed by atoms with Gasteiger partial charge in [0.2, 0.25) is 5.91 Å². The second-order valence-electron chi connectivity index (χ2n) is 5.16. The average Bonchev–Trinajstić information content (AvgIpc) is 2.88. The third kappa shape index (κ3) is 2.20. The van der Waals surface area contributed by atoms with E-state index in [4.69, 9.17) is 0 Å². The zero-order valence-electron chi connectivity index (χ0n) is 12.0. The van der Waals surface area contributed by atoms with Gasteiger partial charge < -0.3 is 15.2 Å². The number of hydrogen-bond donors (Lipinski definition) is 2. The highest BCUT2D eigenvalue weighted by Crippen LogP contribution is 2.21. The second-order valence-corrected chi connectivity index (χ2v) is 5.16. The molecule has 2 heterocycles. The van der Waals surface area contributed by atoms with Gasteiger partial charge in [-0.25, -0.2) is 0 Å². The van der Waals surface area contributed by atoms with Gasteiger partial charge in [0.15, 0.2) is 0 Å². The first-order valence-electron chi connectivity index (χ1n) is 6.91. The molecule has 5 heteroatoms. The quantitative estimate of drug-likeness (QED) is 0.822. The molecule has 2 amide bonds. The van der Waals surface area contributed by atoms with Crippen LogP contribution in [0.15, 0.2) is 42.2 Å². The third-order valence-electron chi connectivity index (χ3n) is 3.90. The Morgan fingerprint density at radius 3 is 2.81 bits per heavy atom. The first-order chi connectivity index (χ1) is 10.1. The molecular weight excluding hydrogens is 266 g/mol. The molecule has 0 spiro atoms. The fraction of sp³-hybridized carbons (Fsp3) is 0.250. The largest absolute Gasteiger partial charge is 0.361 e. The van der Waals surface area contributed by atoms with E-state index in [2.05, 4.69) is 10.3 Å². The maximum absolute atomic E-state index is 12.4. The number of benzene rings is 1. The number of aromatic nitrogens is 1. The summed E-state index contributed by atoms with van der Waals surface area (Å²) in [5.74, 6) is -0.294. The SMILES string of the molecule is C/C=C1/C(=O)N[C@H](Cc2c[nH]c3ccccc23)C(=O)N1C. The van der Waals surface area contributed by atoms with E-state index in [-0.39, 0.29) is 11.8 Å². The minimum atomic E-state index is -0.523. The number of piperazine rings is 1. The molecule has 0 saturated carbocycles. The lowest BCUT2D eigenvalue weighted by atomic mass is 10.0. The number of fused-ring (bicyclic) bond motifs is 1. The Labute approximate surface area is 122 Å². The van der Waals surface area contributed by atoms with Gasteiger partial charge in [0, 0.05) is 30.6 Å². The molecule has 1 aromatic carbocycles. The highest BCUT2D eigenvalue weighted by Gasteiger charge is 2.34. The molecule has 2 N–H and O–H groups in total. The Morgan fingerprint density at radius 2 is 2.05 bits per heavy atom. The van der Waals surface area contributed by atoms with Crippen LogP contribution < -0.4 is 5.32 Å². The van der Waals surface area contributed by atoms with E-state index in [1.165, 1.54) is 4.90 Å². The van der Waals surface area contributed by atoms with Crippen molar-refractivity contribution in [2.24, 2.45) is 0 Å². The Balaban J connectivity index is 1.88. The van der Waals surface area contributed by atoms with Crippen LogP contribution in [0.5, 0.6) is 0 Å². The Kier molecular flexibility index (Phi) is 3.25. The highest BCUT2D eigenvalue weighted by atomic mass is 16.2. The normalized spacial score (nSPS) is 21.1. The van der Waals surface area contributed by atoms with Crippen molar-refractivity contribution >= 4 is 22.7 Å². The van der Waals surface area contributed by atoms with Crippen LogP contribution >= 0.6 is 0 Å². The number of carbonyl (C=O) groups is 2. The molecule has 1 aromatic heterocycles. The van der Waals surface area contributed by atoms with Crippen LogP contribution in [-0.2, 0) is 16.0 Å². The summed E-state index contributed by atoms with van der Waals surface area (Å²) in [5.41, 5.74) is 2.46. The van der Waals surface area contributed by atoms with Crippen LogP contribution in [0.3, 0.4) is 0 Å². The molecule has 0 radical (unpaired) electrons. The molecule has 1 fully saturated rings. The zero-order valence-corrected chi connectivity index (χ0v) is 12.0. The number of amides is 2. The zero-order chi connectivity index (χ0) is 15.0. The minimum absolute atomic E-state index is 0.0898. The van der Waals surface area contributed by atoms with Crippen molar-refractivity contribution in [3.8, 4) is 0 Å². The number of nitrogens with one attached hydrogen (secondary N) is 2. The number of aromatic amines is 1. The van der Waals surface area contributed by atoms with Crippen LogP contribution in [0, 0.1) is 0 Å². The van der Waals surface area contributed by atoms with Crippen LogP contribution in [0.25, 0.3) is 10.9 Å². The van der Waals surface area contributed by atoms with E-state index in [0.29, 0.717) is 12.1 Å². The fourth-order valence-corrected chi connectivity index (χ4v) is 2.78. The predicted molar refractivity (Wildman–Crippen MR) is 80.5 cm³/mol. The van der Waals surface area contributed by atoms with Crippen LogP contribution in [0.4, 0.5) is 0 Å². The molecule has 1 aliphatic heterocycles. The summed E-state index contributed by atoms with van der Waals surface area (Å²) in [6.07, 6.45) is 4.03. The number of hydrogen-bond acceptors (Lipinski definition) is 2. The van der Waals surface area contributed by atoms with E-state index < -0.39 is 6.04 Å². The Morgan fingerprint density at radius 1 is 1.29 bits per heavy atom. The second kappa shape index (κ2) is 5.09. The highest BCUT2D eigenvalue weighted by molar-refractivity contribution is 6.04. The van der Waals surface area contributed by atoms with Gasteiger partial charge in [-0.15, -0.1) is 0 Å². The standard InChI is InChI=1S/C16H17N3O2/c1-3-14-15(20)18-13(16(21)19(14)2)8-10-9-17-12-7-5-4-6-11(10)12/h3-7,9,13,17H,8H2,1-2H3,(H,18,20)/b14-3-/t13-/m1/s1. The van der Waals surface area contributed by atoms with Gasteiger partial charge in [-0.1, -0.05) is 24.3 Å². The Hall–Kier alpha value is -2.56. The molecule has 0 aliphatic carbocycles. The number of H-pyrrole nitrogens is 1. The molecule has 0 bridgehead atoms. The number of rotatable bonds is 2. The van der Waals surface area contributed by atoms with Crippen molar-refractivity contribution < 1.29 is 9.59 Å². The maximum atomic E-state index is 12.4. The molecule has 108 valence electrons. The third-order valence-corrected chi connectivity index (χ3v) is 3.90.